The first-order valence-electron chi connectivity index (χ1n) is 37.9. The molecule has 4 aliphatic rings. The van der Waals surface area contributed by atoms with Crippen molar-refractivity contribution >= 4 is 69.4 Å². The molecule has 36 nitrogen and oxygen atoms in total. The van der Waals surface area contributed by atoms with Gasteiger partial charge in [-0.1, -0.05) is 17.7 Å². The summed E-state index contributed by atoms with van der Waals surface area (Å²) in [5.41, 5.74) is 8.05. The second-order valence-electron chi connectivity index (χ2n) is 28.3. The molecule has 4 aromatic carbocycles. The average molecular weight is 1590 g/mol. The summed E-state index contributed by atoms with van der Waals surface area (Å²) in [6.45, 7) is 9.53. The molecular weight excluding hydrogens is 1510 g/mol. The first-order valence-corrected chi connectivity index (χ1v) is 37.9. The van der Waals surface area contributed by atoms with Gasteiger partial charge in [-0.15, -0.1) is 20.4 Å². The molecule has 4 aliphatic heterocycles. The number of carbonyl (C=O) groups excluding carboxylic acids is 4. The number of benzene rings is 4. The topological polar surface area (TPSA) is 384 Å². The average Bonchev–Trinajstić information content (AvgIpc) is 1.67. The summed E-state index contributed by atoms with van der Waals surface area (Å²) >= 11 is 0. The number of hydrogen-bond acceptors (Lipinski definition) is 24. The van der Waals surface area contributed by atoms with Gasteiger partial charge in [-0.05, 0) is 137 Å². The van der Waals surface area contributed by atoms with Crippen molar-refractivity contribution in [3.05, 3.63) is 273 Å². The quantitative estimate of drug-likeness (QED) is 0.0786. The number of rotatable bonds is 16. The Hall–Kier alpha value is -15.6. The van der Waals surface area contributed by atoms with Gasteiger partial charge >= 0.3 is 0 Å². The summed E-state index contributed by atoms with van der Waals surface area (Å²) in [5.74, 6) is 2.42. The zero-order chi connectivity index (χ0) is 80.8. The highest BCUT2D eigenvalue weighted by atomic mass is 19.1. The van der Waals surface area contributed by atoms with Crippen molar-refractivity contribution in [2.75, 3.05) is 72.0 Å². The van der Waals surface area contributed by atoms with Crippen LogP contribution in [-0.4, -0.2) is 212 Å². The van der Waals surface area contributed by atoms with Gasteiger partial charge in [0.15, 0.2) is 40.2 Å². The standard InChI is InChI=1S/C20H19FN8O.C20H18FN7O.C20H17N9O.C20H20N8O/c1-13-24-17(26-29(13)16-4-2-14(21)3-5-16)20(30)25-15-6-9-28(12-15)19-18-22-7-10-27(18)11-8-23-19;21-14-3-5-16(6-4-14)28-13-23-18(25-28)20(29)24-15-7-10-27(12-15)19-17-2-1-9-26(17)11-8-22-19;21-11-14-1-3-16(4-2-14)29-13-24-17(26-29)20(30)25-15-5-8-28(12-15)19-18-22-6-9-27(18)10-7-23-19;1-14-2-4-16(5-3-14)28-13-23-17(25-28)20(29)24-15-6-9-27(12-15)19-18-21-7-10-26(18)11-8-22-19/h2-5,7-8,10-11,15H,6,9,12H2,1H3,(H,25,30);1-6,8-9,11,13,15H,7,10,12H2,(H,24,29);1-4,6-7,9-10,13,15H,5,8,12H2,(H,25,30);2-5,7-8,10-11,13,15H,6,9,12H2,1H3,(H,24,29)/t4*15-/m0000/s1. The fraction of sp³-hybridized carbons (Fsp3) is 0.225. The lowest BCUT2D eigenvalue weighted by Crippen LogP contribution is -2.37. The van der Waals surface area contributed by atoms with Crippen LogP contribution in [0.3, 0.4) is 0 Å². The van der Waals surface area contributed by atoms with E-state index >= 15 is 0 Å². The van der Waals surface area contributed by atoms with Gasteiger partial charge in [-0.25, -0.2) is 82.3 Å². The number of nitrogens with zero attached hydrogens (tertiary/aromatic N) is 28. The zero-order valence-electron chi connectivity index (χ0n) is 63.5. The minimum atomic E-state index is -0.335. The maximum Gasteiger partial charge on any atom is 0.291 e. The number of hydrogen-bond donors (Lipinski definition) is 4. The monoisotopic (exact) mass is 1580 g/mol. The van der Waals surface area contributed by atoms with Crippen molar-refractivity contribution in [2.45, 2.75) is 63.7 Å². The first kappa shape index (κ1) is 75.1. The van der Waals surface area contributed by atoms with Crippen LogP contribution in [0.5, 0.6) is 0 Å². The highest BCUT2D eigenvalue weighted by Crippen LogP contribution is 2.28. The minimum Gasteiger partial charge on any atom is -0.353 e. The van der Waals surface area contributed by atoms with Crippen molar-refractivity contribution in [1.29, 1.82) is 5.26 Å². The van der Waals surface area contributed by atoms with Crippen molar-refractivity contribution in [3.8, 4) is 28.8 Å². The molecular formula is C80H74F2N32O4. The first-order chi connectivity index (χ1) is 57.6. The summed E-state index contributed by atoms with van der Waals surface area (Å²) in [7, 11) is 0. The SMILES string of the molecule is Cc1ccc(-n2cnc(C(=O)N[C@H]3CCN(c4nccn5ccnc45)C3)n2)cc1.Cc1nc(C(=O)N[C@H]2CCN(c3nccn4ccnc34)C2)nn1-c1ccc(F)cc1.N#Cc1ccc(-n2cnc(C(=O)N[C@H]3CCN(c4nccn5ccnc45)C3)n2)cc1.O=C(N[C@H]1CCN(c2nccn3cccc23)C1)c1ncn(-c2ccc(F)cc2)n1. The Morgan fingerprint density at radius 3 is 1.12 bits per heavy atom. The maximum atomic E-state index is 13.2. The van der Waals surface area contributed by atoms with Crippen LogP contribution in [0.4, 0.5) is 32.1 Å². The lowest BCUT2D eigenvalue weighted by atomic mass is 10.2. The number of fused-ring (bicyclic) bond motifs is 4. The number of nitrogens with one attached hydrogen (secondary N) is 4. The van der Waals surface area contributed by atoms with Crippen LogP contribution in [0.25, 0.3) is 45.2 Å². The molecule has 16 aromatic rings. The Labute approximate surface area is 669 Å². The van der Waals surface area contributed by atoms with Gasteiger partial charge in [0.05, 0.1) is 39.9 Å². The molecule has 0 bridgehead atoms. The smallest absolute Gasteiger partial charge is 0.291 e. The molecule has 38 heteroatoms. The van der Waals surface area contributed by atoms with Crippen LogP contribution >= 0.6 is 0 Å². The van der Waals surface area contributed by atoms with E-state index in [1.165, 1.54) is 51.0 Å². The molecule has 0 saturated carbocycles. The van der Waals surface area contributed by atoms with Gasteiger partial charge in [0.1, 0.15) is 36.4 Å². The number of aryl methyl sites for hydroxylation is 2. The molecule has 4 saturated heterocycles. The van der Waals surface area contributed by atoms with E-state index in [1.54, 1.807) is 110 Å². The van der Waals surface area contributed by atoms with Crippen LogP contribution in [-0.2, 0) is 0 Å². The van der Waals surface area contributed by atoms with E-state index in [0.29, 0.717) is 48.9 Å². The van der Waals surface area contributed by atoms with E-state index in [4.69, 9.17) is 5.26 Å². The third kappa shape index (κ3) is 16.5. The maximum absolute atomic E-state index is 13.2. The molecule has 592 valence electrons. The van der Waals surface area contributed by atoms with E-state index in [-0.39, 0.29) is 82.7 Å². The van der Waals surface area contributed by atoms with Gasteiger partial charge in [0.2, 0.25) is 23.3 Å². The van der Waals surface area contributed by atoms with Crippen LogP contribution in [0, 0.1) is 36.8 Å². The molecule has 20 rings (SSSR count). The molecule has 0 spiro atoms. The van der Waals surface area contributed by atoms with Crippen molar-refractivity contribution < 1.29 is 28.0 Å². The fourth-order valence-electron chi connectivity index (χ4n) is 14.4. The molecule has 4 fully saturated rings. The number of nitriles is 1. The Bertz CT molecular complexity index is 6130. The van der Waals surface area contributed by atoms with Crippen LogP contribution < -0.4 is 40.9 Å². The van der Waals surface area contributed by atoms with E-state index in [9.17, 15) is 28.0 Å². The summed E-state index contributed by atoms with van der Waals surface area (Å²) in [4.78, 5) is 107. The predicted molar refractivity (Wildman–Crippen MR) is 426 cm³/mol. The molecule has 4 N–H and O–H groups in total. The molecule has 0 aliphatic carbocycles. The number of amides is 4. The molecule has 118 heavy (non-hydrogen) atoms. The third-order valence-corrected chi connectivity index (χ3v) is 20.4. The zero-order valence-corrected chi connectivity index (χ0v) is 63.5. The Morgan fingerprint density at radius 2 is 0.720 bits per heavy atom. The Balaban J connectivity index is 0.000000113. The lowest BCUT2D eigenvalue weighted by Gasteiger charge is -2.18. The van der Waals surface area contributed by atoms with Crippen LogP contribution in [0.15, 0.2) is 221 Å². The summed E-state index contributed by atoms with van der Waals surface area (Å²) in [6.07, 6.45) is 35.1. The number of anilines is 4. The summed E-state index contributed by atoms with van der Waals surface area (Å²) in [6, 6.07) is 32.5. The van der Waals surface area contributed by atoms with Gasteiger partial charge in [-0.3, -0.25) is 19.2 Å². The van der Waals surface area contributed by atoms with Crippen molar-refractivity contribution in [1.82, 2.24) is 133 Å². The van der Waals surface area contributed by atoms with E-state index in [2.05, 4.69) is 122 Å². The van der Waals surface area contributed by atoms with E-state index in [1.807, 2.05) is 110 Å². The van der Waals surface area contributed by atoms with Crippen molar-refractivity contribution in [2.24, 2.45) is 0 Å². The molecule has 12 aromatic heterocycles. The number of aromatic nitrogens is 23. The van der Waals surface area contributed by atoms with Crippen molar-refractivity contribution in [3.63, 3.8) is 0 Å². The van der Waals surface area contributed by atoms with Gasteiger partial charge in [0, 0.05) is 169 Å². The molecule has 16 heterocycles. The second kappa shape index (κ2) is 33.2. The number of halogens is 2. The van der Waals surface area contributed by atoms with E-state index < -0.39 is 0 Å². The lowest BCUT2D eigenvalue weighted by molar-refractivity contribution is 0.0921. The number of carbonyl (C=O) groups is 4. The molecule has 0 unspecified atom stereocenters. The number of imidazole rings is 3. The van der Waals surface area contributed by atoms with Gasteiger partial charge in [-0.2, -0.15) is 5.26 Å². The Morgan fingerprint density at radius 1 is 0.381 bits per heavy atom. The highest BCUT2D eigenvalue weighted by molar-refractivity contribution is 5.92. The van der Waals surface area contributed by atoms with Gasteiger partial charge < -0.3 is 58.5 Å². The largest absolute Gasteiger partial charge is 0.353 e. The fourth-order valence-corrected chi connectivity index (χ4v) is 14.4. The minimum absolute atomic E-state index is 0.00541. The molecule has 4 atom stereocenters. The second-order valence-corrected chi connectivity index (χ2v) is 28.3. The van der Waals surface area contributed by atoms with Gasteiger partial charge in [0.25, 0.3) is 23.6 Å². The van der Waals surface area contributed by atoms with Crippen LogP contribution in [0.2, 0.25) is 0 Å². The van der Waals surface area contributed by atoms with Crippen LogP contribution in [0.1, 0.15) is 85.1 Å². The summed E-state index contributed by atoms with van der Waals surface area (Å²) in [5, 5.41) is 38.0. The molecule has 4 amide bonds. The highest BCUT2D eigenvalue weighted by Gasteiger charge is 2.33. The Kier molecular flexibility index (Phi) is 21.2. The third-order valence-electron chi connectivity index (χ3n) is 20.4. The molecule has 0 radical (unpaired) electrons. The normalized spacial score (nSPS) is 16.3. The predicted octanol–water partition coefficient (Wildman–Crippen LogP) is 6.65. The summed E-state index contributed by atoms with van der Waals surface area (Å²) < 4.78 is 40.1. The van der Waals surface area contributed by atoms with E-state index in [0.717, 1.165) is 115 Å².